The Morgan fingerprint density at radius 3 is 3.20 bits per heavy atom. The van der Waals surface area contributed by atoms with Gasteiger partial charge in [-0.1, -0.05) is 6.07 Å². The number of hydrogen-bond donors (Lipinski definition) is 2. The van der Waals surface area contributed by atoms with E-state index in [1.807, 2.05) is 31.3 Å². The van der Waals surface area contributed by atoms with Gasteiger partial charge in [0.05, 0.1) is 24.4 Å². The highest BCUT2D eigenvalue weighted by atomic mass is 16.5. The monoisotopic (exact) mass is 275 g/mol. The Kier molecular flexibility index (Phi) is 3.42. The molecule has 106 valence electrons. The Morgan fingerprint density at radius 2 is 2.40 bits per heavy atom. The van der Waals surface area contributed by atoms with E-state index in [2.05, 4.69) is 10.3 Å². The molecular weight excluding hydrogens is 258 g/mol. The molecule has 0 spiro atoms. The van der Waals surface area contributed by atoms with Gasteiger partial charge in [0.2, 0.25) is 0 Å². The van der Waals surface area contributed by atoms with Crippen molar-refractivity contribution < 1.29 is 14.6 Å². The molecule has 2 aromatic heterocycles. The van der Waals surface area contributed by atoms with Crippen LogP contribution in [-0.2, 0) is 4.74 Å². The minimum absolute atomic E-state index is 0.216. The van der Waals surface area contributed by atoms with Crippen LogP contribution in [0.5, 0.6) is 0 Å². The number of rotatable bonds is 2. The number of nitrogens with one attached hydrogen (secondary N) is 1. The summed E-state index contributed by atoms with van der Waals surface area (Å²) in [6.45, 7) is 2.62. The Balaban J connectivity index is 1.87. The Labute approximate surface area is 116 Å². The Hall–Kier alpha value is -1.92. The lowest BCUT2D eigenvalue weighted by Gasteiger charge is -2.28. The second-order valence-corrected chi connectivity index (χ2v) is 4.99. The average Bonchev–Trinajstić information content (AvgIpc) is 2.77. The highest BCUT2D eigenvalue weighted by molar-refractivity contribution is 5.94. The van der Waals surface area contributed by atoms with E-state index >= 15 is 0 Å². The summed E-state index contributed by atoms with van der Waals surface area (Å²) in [7, 11) is 0. The maximum absolute atomic E-state index is 12.4. The van der Waals surface area contributed by atoms with Crippen LogP contribution in [0, 0.1) is 6.92 Å². The zero-order valence-electron chi connectivity index (χ0n) is 11.2. The molecule has 0 saturated carbocycles. The van der Waals surface area contributed by atoms with Crippen molar-refractivity contribution >= 4 is 11.6 Å². The number of aliphatic hydroxyl groups is 1. The minimum Gasteiger partial charge on any atom is -0.389 e. The number of pyridine rings is 1. The standard InChI is InChI=1S/C14H17N3O3/c1-9-13(17-6-3-2-4-12(17)15-9)14(19)16-10-5-7-20-8-11(10)18/h2-4,6,10-11,18H,5,7-8H2,1H3,(H,16,19)/t10-,11-/m1/s1. The van der Waals surface area contributed by atoms with Gasteiger partial charge in [-0.25, -0.2) is 4.98 Å². The van der Waals surface area contributed by atoms with Gasteiger partial charge in [-0.2, -0.15) is 0 Å². The highest BCUT2D eigenvalue weighted by Crippen LogP contribution is 2.14. The maximum Gasteiger partial charge on any atom is 0.270 e. The summed E-state index contributed by atoms with van der Waals surface area (Å²) in [6.07, 6.45) is 1.76. The van der Waals surface area contributed by atoms with Crippen LogP contribution in [0.2, 0.25) is 0 Å². The van der Waals surface area contributed by atoms with E-state index in [4.69, 9.17) is 4.74 Å². The van der Waals surface area contributed by atoms with E-state index in [1.54, 1.807) is 4.40 Å². The molecule has 1 aliphatic heterocycles. The van der Waals surface area contributed by atoms with E-state index in [9.17, 15) is 9.90 Å². The van der Waals surface area contributed by atoms with Gasteiger partial charge in [0.25, 0.3) is 5.91 Å². The van der Waals surface area contributed by atoms with Crippen LogP contribution in [0.1, 0.15) is 22.6 Å². The number of amides is 1. The molecule has 3 heterocycles. The lowest BCUT2D eigenvalue weighted by molar-refractivity contribution is -0.0261. The van der Waals surface area contributed by atoms with Gasteiger partial charge in [-0.3, -0.25) is 9.20 Å². The molecule has 1 aliphatic rings. The second kappa shape index (κ2) is 5.22. The summed E-state index contributed by atoms with van der Waals surface area (Å²) < 4.78 is 6.92. The van der Waals surface area contributed by atoms with Crippen LogP contribution in [-0.4, -0.2) is 45.8 Å². The van der Waals surface area contributed by atoms with Gasteiger partial charge >= 0.3 is 0 Å². The fraction of sp³-hybridized carbons (Fsp3) is 0.429. The molecule has 0 aromatic carbocycles. The summed E-state index contributed by atoms with van der Waals surface area (Å²) in [5.41, 5.74) is 1.93. The smallest absolute Gasteiger partial charge is 0.270 e. The fourth-order valence-electron chi connectivity index (χ4n) is 2.52. The van der Waals surface area contributed by atoms with Crippen molar-refractivity contribution in [3.05, 3.63) is 35.8 Å². The van der Waals surface area contributed by atoms with Crippen LogP contribution in [0.3, 0.4) is 0 Å². The van der Waals surface area contributed by atoms with Crippen molar-refractivity contribution in [1.29, 1.82) is 0 Å². The zero-order chi connectivity index (χ0) is 14.1. The summed E-state index contributed by atoms with van der Waals surface area (Å²) in [5.74, 6) is -0.216. The number of imidazole rings is 1. The maximum atomic E-state index is 12.4. The van der Waals surface area contributed by atoms with Crippen molar-refractivity contribution in [3.8, 4) is 0 Å². The number of aryl methyl sites for hydroxylation is 1. The van der Waals surface area contributed by atoms with Crippen LogP contribution in [0.4, 0.5) is 0 Å². The van der Waals surface area contributed by atoms with Crippen LogP contribution >= 0.6 is 0 Å². The Bertz CT molecular complexity index is 638. The number of nitrogens with zero attached hydrogens (tertiary/aromatic N) is 2. The third kappa shape index (κ3) is 2.28. The number of fused-ring (bicyclic) bond motifs is 1. The van der Waals surface area contributed by atoms with E-state index < -0.39 is 6.10 Å². The molecule has 6 nitrogen and oxygen atoms in total. The molecule has 2 N–H and O–H groups in total. The van der Waals surface area contributed by atoms with Crippen molar-refractivity contribution in [3.63, 3.8) is 0 Å². The molecule has 0 bridgehead atoms. The van der Waals surface area contributed by atoms with Crippen LogP contribution in [0.15, 0.2) is 24.4 Å². The molecule has 1 amide bonds. The van der Waals surface area contributed by atoms with Crippen LogP contribution < -0.4 is 5.32 Å². The van der Waals surface area contributed by atoms with Crippen LogP contribution in [0.25, 0.3) is 5.65 Å². The van der Waals surface area contributed by atoms with Crippen molar-refractivity contribution in [2.24, 2.45) is 0 Å². The van der Waals surface area contributed by atoms with Gasteiger partial charge in [-0.05, 0) is 25.5 Å². The predicted octanol–water partition coefficient (Wildman–Crippen LogP) is 0.522. The second-order valence-electron chi connectivity index (χ2n) is 4.99. The topological polar surface area (TPSA) is 75.9 Å². The first kappa shape index (κ1) is 13.1. The first-order valence-electron chi connectivity index (χ1n) is 6.67. The highest BCUT2D eigenvalue weighted by Gasteiger charge is 2.27. The molecular formula is C14H17N3O3. The minimum atomic E-state index is -0.660. The largest absolute Gasteiger partial charge is 0.389 e. The third-order valence-electron chi connectivity index (χ3n) is 3.56. The molecule has 0 unspecified atom stereocenters. The van der Waals surface area contributed by atoms with E-state index in [0.29, 0.717) is 24.4 Å². The van der Waals surface area contributed by atoms with E-state index in [0.717, 1.165) is 5.65 Å². The third-order valence-corrected chi connectivity index (χ3v) is 3.56. The van der Waals surface area contributed by atoms with Gasteiger partial charge in [0, 0.05) is 12.8 Å². The van der Waals surface area contributed by atoms with E-state index in [1.165, 1.54) is 0 Å². The molecule has 2 aromatic rings. The number of aliphatic hydroxyl groups excluding tert-OH is 1. The number of aromatic nitrogens is 2. The first-order valence-corrected chi connectivity index (χ1v) is 6.67. The Morgan fingerprint density at radius 1 is 1.55 bits per heavy atom. The summed E-state index contributed by atoms with van der Waals surface area (Å²) >= 11 is 0. The first-order chi connectivity index (χ1) is 9.66. The SMILES string of the molecule is Cc1nc2ccccn2c1C(=O)N[C@@H]1CCOC[C@H]1O. The van der Waals surface area contributed by atoms with Gasteiger partial charge in [0.1, 0.15) is 11.3 Å². The molecule has 2 atom stereocenters. The molecule has 1 fully saturated rings. The molecule has 20 heavy (non-hydrogen) atoms. The quantitative estimate of drug-likeness (QED) is 0.838. The van der Waals surface area contributed by atoms with Crippen molar-refractivity contribution in [2.75, 3.05) is 13.2 Å². The van der Waals surface area contributed by atoms with Gasteiger partial charge in [-0.15, -0.1) is 0 Å². The number of ether oxygens (including phenoxy) is 1. The summed E-state index contributed by atoms with van der Waals surface area (Å²) in [5, 5.41) is 12.7. The number of carbonyl (C=O) groups excluding carboxylic acids is 1. The van der Waals surface area contributed by atoms with Crippen molar-refractivity contribution in [1.82, 2.24) is 14.7 Å². The zero-order valence-corrected chi connectivity index (χ0v) is 11.2. The summed E-state index contributed by atoms with van der Waals surface area (Å²) in [6, 6.07) is 5.32. The van der Waals surface area contributed by atoms with Crippen molar-refractivity contribution in [2.45, 2.75) is 25.5 Å². The van der Waals surface area contributed by atoms with Gasteiger partial charge in [0.15, 0.2) is 0 Å². The molecule has 6 heteroatoms. The predicted molar refractivity (Wildman–Crippen MR) is 72.6 cm³/mol. The molecule has 3 rings (SSSR count). The lowest BCUT2D eigenvalue weighted by Crippen LogP contribution is -2.49. The summed E-state index contributed by atoms with van der Waals surface area (Å²) in [4.78, 5) is 16.8. The number of hydrogen-bond acceptors (Lipinski definition) is 4. The molecule has 0 radical (unpaired) electrons. The molecule has 1 saturated heterocycles. The lowest BCUT2D eigenvalue weighted by atomic mass is 10.1. The van der Waals surface area contributed by atoms with E-state index in [-0.39, 0.29) is 18.6 Å². The fourth-order valence-corrected chi connectivity index (χ4v) is 2.52. The normalized spacial score (nSPS) is 22.9. The number of carbonyl (C=O) groups is 1. The average molecular weight is 275 g/mol. The van der Waals surface area contributed by atoms with Gasteiger partial charge < -0.3 is 15.2 Å². The molecule has 0 aliphatic carbocycles.